The van der Waals surface area contributed by atoms with E-state index < -0.39 is 0 Å². The Morgan fingerprint density at radius 1 is 1.35 bits per heavy atom. The third kappa shape index (κ3) is 3.66. The molecule has 2 amide bonds. The van der Waals surface area contributed by atoms with Crippen LogP contribution in [0.4, 0.5) is 4.79 Å². The van der Waals surface area contributed by atoms with Crippen molar-refractivity contribution in [2.24, 2.45) is 0 Å². The number of benzene rings is 1. The van der Waals surface area contributed by atoms with Crippen LogP contribution in [-0.4, -0.2) is 18.3 Å². The fourth-order valence-corrected chi connectivity index (χ4v) is 2.04. The minimum atomic E-state index is -0.0612. The molecule has 0 aliphatic heterocycles. The van der Waals surface area contributed by atoms with Crippen LogP contribution in [0.2, 0.25) is 0 Å². The number of rotatable bonds is 4. The van der Waals surface area contributed by atoms with Gasteiger partial charge in [0.05, 0.1) is 6.04 Å². The zero-order valence-corrected chi connectivity index (χ0v) is 11.0. The Labute approximate surface area is 106 Å². The molecule has 1 aliphatic rings. The quantitative estimate of drug-likeness (QED) is 0.807. The van der Waals surface area contributed by atoms with Crippen molar-refractivity contribution in [3.05, 3.63) is 29.8 Å². The highest BCUT2D eigenvalue weighted by Crippen LogP contribution is 2.20. The van der Waals surface area contributed by atoms with E-state index in [1.54, 1.807) is 11.8 Å². The van der Waals surface area contributed by atoms with E-state index in [4.69, 9.17) is 0 Å². The van der Waals surface area contributed by atoms with Gasteiger partial charge in [0.2, 0.25) is 0 Å². The van der Waals surface area contributed by atoms with E-state index in [9.17, 15) is 4.79 Å². The molecule has 0 radical (unpaired) electrons. The number of hydrogen-bond acceptors (Lipinski definition) is 2. The summed E-state index contributed by atoms with van der Waals surface area (Å²) < 4.78 is 0. The zero-order chi connectivity index (χ0) is 12.3. The van der Waals surface area contributed by atoms with Crippen LogP contribution in [-0.2, 0) is 0 Å². The van der Waals surface area contributed by atoms with Gasteiger partial charge in [0.1, 0.15) is 0 Å². The molecule has 2 N–H and O–H groups in total. The van der Waals surface area contributed by atoms with Crippen molar-refractivity contribution >= 4 is 17.8 Å². The van der Waals surface area contributed by atoms with E-state index in [0.29, 0.717) is 6.04 Å². The van der Waals surface area contributed by atoms with Crippen LogP contribution in [0.15, 0.2) is 29.2 Å². The molecule has 2 rings (SSSR count). The molecule has 0 bridgehead atoms. The van der Waals surface area contributed by atoms with E-state index in [1.807, 2.05) is 6.92 Å². The second-order valence-electron chi connectivity index (χ2n) is 4.39. The maximum atomic E-state index is 11.6. The first kappa shape index (κ1) is 12.3. The van der Waals surface area contributed by atoms with E-state index in [2.05, 4.69) is 41.2 Å². The summed E-state index contributed by atoms with van der Waals surface area (Å²) in [4.78, 5) is 12.8. The van der Waals surface area contributed by atoms with E-state index in [1.165, 1.54) is 4.90 Å². The normalized spacial score (nSPS) is 16.4. The molecular formula is C13H18N2OS. The molecule has 0 saturated heterocycles. The second-order valence-corrected chi connectivity index (χ2v) is 5.27. The van der Waals surface area contributed by atoms with Crippen LogP contribution in [0, 0.1) is 0 Å². The number of carbonyl (C=O) groups excluding carboxylic acids is 1. The first-order chi connectivity index (χ1) is 8.19. The number of thioether (sulfide) groups is 1. The summed E-state index contributed by atoms with van der Waals surface area (Å²) in [6, 6.07) is 8.68. The Morgan fingerprint density at radius 3 is 2.53 bits per heavy atom. The summed E-state index contributed by atoms with van der Waals surface area (Å²) in [7, 11) is 0. The van der Waals surface area contributed by atoms with Gasteiger partial charge >= 0.3 is 6.03 Å². The molecule has 1 atom stereocenters. The molecule has 0 heterocycles. The molecule has 0 spiro atoms. The van der Waals surface area contributed by atoms with Gasteiger partial charge in [-0.05, 0) is 43.7 Å². The maximum absolute atomic E-state index is 11.6. The summed E-state index contributed by atoms with van der Waals surface area (Å²) in [5.74, 6) is 0. The van der Waals surface area contributed by atoms with Gasteiger partial charge in [-0.1, -0.05) is 12.1 Å². The van der Waals surface area contributed by atoms with Crippen molar-refractivity contribution in [3.63, 3.8) is 0 Å². The van der Waals surface area contributed by atoms with Crippen molar-refractivity contribution < 1.29 is 4.79 Å². The topological polar surface area (TPSA) is 41.1 Å². The molecule has 4 heteroatoms. The van der Waals surface area contributed by atoms with Crippen LogP contribution in [0.5, 0.6) is 0 Å². The van der Waals surface area contributed by atoms with Crippen LogP contribution < -0.4 is 10.6 Å². The Hall–Kier alpha value is -1.16. The average Bonchev–Trinajstić information content (AvgIpc) is 3.12. The van der Waals surface area contributed by atoms with Crippen molar-refractivity contribution in [1.29, 1.82) is 0 Å². The standard InChI is InChI=1S/C13H18N2OS/c1-9(14-13(16)15-11-5-6-11)10-3-7-12(17-2)8-4-10/h3-4,7-9,11H,5-6H2,1-2H3,(H2,14,15,16). The van der Waals surface area contributed by atoms with Crippen molar-refractivity contribution in [3.8, 4) is 0 Å². The number of nitrogens with one attached hydrogen (secondary N) is 2. The molecule has 0 aromatic heterocycles. The lowest BCUT2D eigenvalue weighted by Crippen LogP contribution is -2.38. The van der Waals surface area contributed by atoms with E-state index in [-0.39, 0.29) is 12.1 Å². The summed E-state index contributed by atoms with van der Waals surface area (Å²) in [6.45, 7) is 2.00. The fraction of sp³-hybridized carbons (Fsp3) is 0.462. The summed E-state index contributed by atoms with van der Waals surface area (Å²) in [5, 5.41) is 5.87. The highest BCUT2D eigenvalue weighted by molar-refractivity contribution is 7.98. The Bertz CT molecular complexity index is 387. The molecule has 1 fully saturated rings. The number of urea groups is 1. The fourth-order valence-electron chi connectivity index (χ4n) is 1.63. The van der Waals surface area contributed by atoms with Gasteiger partial charge in [-0.2, -0.15) is 0 Å². The Morgan fingerprint density at radius 2 is 2.00 bits per heavy atom. The third-order valence-electron chi connectivity index (χ3n) is 2.88. The summed E-state index contributed by atoms with van der Waals surface area (Å²) >= 11 is 1.72. The van der Waals surface area contributed by atoms with Gasteiger partial charge in [-0.25, -0.2) is 4.79 Å². The minimum Gasteiger partial charge on any atom is -0.335 e. The first-order valence-electron chi connectivity index (χ1n) is 5.90. The lowest BCUT2D eigenvalue weighted by molar-refractivity contribution is 0.237. The smallest absolute Gasteiger partial charge is 0.315 e. The second kappa shape index (κ2) is 5.45. The molecule has 17 heavy (non-hydrogen) atoms. The molecule has 1 aromatic rings. The molecular weight excluding hydrogens is 232 g/mol. The number of amides is 2. The molecule has 3 nitrogen and oxygen atoms in total. The van der Waals surface area contributed by atoms with Gasteiger partial charge in [-0.3, -0.25) is 0 Å². The van der Waals surface area contributed by atoms with Crippen LogP contribution in [0.3, 0.4) is 0 Å². The van der Waals surface area contributed by atoms with Crippen LogP contribution in [0.25, 0.3) is 0 Å². The molecule has 1 saturated carbocycles. The van der Waals surface area contributed by atoms with Crippen molar-refractivity contribution in [2.45, 2.75) is 36.7 Å². The number of hydrogen-bond donors (Lipinski definition) is 2. The summed E-state index contributed by atoms with van der Waals surface area (Å²) in [6.07, 6.45) is 4.29. The van der Waals surface area contributed by atoms with Gasteiger partial charge < -0.3 is 10.6 Å². The number of carbonyl (C=O) groups is 1. The zero-order valence-electron chi connectivity index (χ0n) is 10.2. The van der Waals surface area contributed by atoms with Gasteiger partial charge in [0.15, 0.2) is 0 Å². The molecule has 1 unspecified atom stereocenters. The van der Waals surface area contributed by atoms with E-state index in [0.717, 1.165) is 18.4 Å². The highest BCUT2D eigenvalue weighted by Gasteiger charge is 2.23. The van der Waals surface area contributed by atoms with Crippen LogP contribution >= 0.6 is 11.8 Å². The lowest BCUT2D eigenvalue weighted by Gasteiger charge is -2.15. The van der Waals surface area contributed by atoms with Gasteiger partial charge in [-0.15, -0.1) is 11.8 Å². The van der Waals surface area contributed by atoms with Gasteiger partial charge in [0.25, 0.3) is 0 Å². The largest absolute Gasteiger partial charge is 0.335 e. The molecule has 92 valence electrons. The first-order valence-corrected chi connectivity index (χ1v) is 7.12. The lowest BCUT2D eigenvalue weighted by atomic mass is 10.1. The Kier molecular flexibility index (Phi) is 3.94. The summed E-state index contributed by atoms with van der Waals surface area (Å²) in [5.41, 5.74) is 1.13. The minimum absolute atomic E-state index is 0.0460. The third-order valence-corrected chi connectivity index (χ3v) is 3.62. The predicted molar refractivity (Wildman–Crippen MR) is 71.3 cm³/mol. The van der Waals surface area contributed by atoms with Crippen molar-refractivity contribution in [2.75, 3.05) is 6.26 Å². The predicted octanol–water partition coefficient (Wildman–Crippen LogP) is 2.93. The highest BCUT2D eigenvalue weighted by atomic mass is 32.2. The van der Waals surface area contributed by atoms with E-state index >= 15 is 0 Å². The molecule has 1 aromatic carbocycles. The van der Waals surface area contributed by atoms with Gasteiger partial charge in [0, 0.05) is 10.9 Å². The van der Waals surface area contributed by atoms with Crippen molar-refractivity contribution in [1.82, 2.24) is 10.6 Å². The SMILES string of the molecule is CSc1ccc(C(C)NC(=O)NC2CC2)cc1. The Balaban J connectivity index is 1.88. The maximum Gasteiger partial charge on any atom is 0.315 e. The monoisotopic (exact) mass is 250 g/mol. The average molecular weight is 250 g/mol. The molecule has 1 aliphatic carbocycles. The van der Waals surface area contributed by atoms with Crippen LogP contribution in [0.1, 0.15) is 31.4 Å².